The Balaban J connectivity index is 1.48. The Morgan fingerprint density at radius 2 is 2.09 bits per heavy atom. The molecule has 1 aromatic carbocycles. The van der Waals surface area contributed by atoms with Gasteiger partial charge in [0.1, 0.15) is 11.3 Å². The average molecular weight is 347 g/mol. The Hall–Kier alpha value is -2.12. The zero-order valence-electron chi connectivity index (χ0n) is 12.3. The topological polar surface area (TPSA) is 69.4 Å². The Morgan fingerprint density at radius 1 is 1.26 bits per heavy atom. The average Bonchev–Trinajstić information content (AvgIpc) is 3.16. The van der Waals surface area contributed by atoms with Crippen LogP contribution in [0, 0.1) is 6.92 Å². The van der Waals surface area contributed by atoms with Gasteiger partial charge in [0.25, 0.3) is 5.22 Å². The number of oxazole rings is 1. The summed E-state index contributed by atoms with van der Waals surface area (Å²) in [6.45, 7) is 1.68. The zero-order valence-corrected chi connectivity index (χ0v) is 13.9. The van der Waals surface area contributed by atoms with E-state index in [1.165, 1.54) is 11.3 Å². The number of para-hydroxylation sites is 2. The molecule has 0 saturated carbocycles. The predicted molar refractivity (Wildman–Crippen MR) is 89.1 cm³/mol. The lowest BCUT2D eigenvalue weighted by Crippen LogP contribution is -2.14. The van der Waals surface area contributed by atoms with Gasteiger partial charge in [0.05, 0.1) is 4.88 Å². The number of aryl methyl sites for hydroxylation is 1. The first-order valence-electron chi connectivity index (χ1n) is 6.85. The maximum absolute atomic E-state index is 11.8. The molecule has 0 spiro atoms. The first kappa shape index (κ1) is 15.8. The normalized spacial score (nSPS) is 10.8. The molecular weight excluding hydrogens is 334 g/mol. The molecule has 0 amide bonds. The molecule has 0 N–H and O–H groups in total. The van der Waals surface area contributed by atoms with Crippen molar-refractivity contribution in [1.82, 2.24) is 4.98 Å². The maximum atomic E-state index is 11.8. The van der Waals surface area contributed by atoms with Crippen molar-refractivity contribution in [3.8, 4) is 0 Å². The van der Waals surface area contributed by atoms with Crippen LogP contribution in [0.15, 0.2) is 46.0 Å². The smallest absolute Gasteiger partial charge is 0.316 e. The van der Waals surface area contributed by atoms with E-state index >= 15 is 0 Å². The number of nitrogens with zero attached hydrogens (tertiary/aromatic N) is 1. The monoisotopic (exact) mass is 347 g/mol. The van der Waals surface area contributed by atoms with Crippen molar-refractivity contribution < 1.29 is 18.7 Å². The molecule has 0 fully saturated rings. The summed E-state index contributed by atoms with van der Waals surface area (Å²) in [7, 11) is 0. The van der Waals surface area contributed by atoms with Gasteiger partial charge in [0.2, 0.25) is 5.78 Å². The molecule has 0 bridgehead atoms. The van der Waals surface area contributed by atoms with Crippen molar-refractivity contribution in [2.24, 2.45) is 0 Å². The van der Waals surface area contributed by atoms with Crippen LogP contribution in [0.25, 0.3) is 11.1 Å². The molecule has 0 aliphatic carbocycles. The van der Waals surface area contributed by atoms with Crippen molar-refractivity contribution in [2.75, 3.05) is 12.4 Å². The summed E-state index contributed by atoms with van der Waals surface area (Å²) in [5.41, 5.74) is 1.42. The summed E-state index contributed by atoms with van der Waals surface area (Å²) in [6, 6.07) is 11.0. The van der Waals surface area contributed by atoms with E-state index in [0.29, 0.717) is 15.7 Å². The van der Waals surface area contributed by atoms with Crippen LogP contribution in [0.4, 0.5) is 0 Å². The van der Waals surface area contributed by atoms with E-state index in [2.05, 4.69) is 4.98 Å². The van der Waals surface area contributed by atoms with Gasteiger partial charge in [-0.25, -0.2) is 4.98 Å². The van der Waals surface area contributed by atoms with Crippen LogP contribution in [0.5, 0.6) is 0 Å². The fraction of sp³-hybridized carbons (Fsp3) is 0.188. The first-order valence-corrected chi connectivity index (χ1v) is 8.65. The predicted octanol–water partition coefficient (Wildman–Crippen LogP) is 3.72. The minimum absolute atomic E-state index is 0.0452. The number of thioether (sulfide) groups is 1. The number of hydrogen-bond acceptors (Lipinski definition) is 7. The third-order valence-corrected chi connectivity index (χ3v) is 4.81. The van der Waals surface area contributed by atoms with E-state index in [9.17, 15) is 9.59 Å². The second kappa shape index (κ2) is 6.97. The number of hydrogen-bond donors (Lipinski definition) is 0. The third-order valence-electron chi connectivity index (χ3n) is 2.97. The lowest BCUT2D eigenvalue weighted by atomic mass is 10.3. The molecular formula is C16H13NO4S2. The zero-order chi connectivity index (χ0) is 16.2. The number of carbonyl (C=O) groups excluding carboxylic acids is 2. The molecule has 0 aliphatic rings. The second-order valence-corrected chi connectivity index (χ2v) is 6.94. The molecule has 0 saturated heterocycles. The van der Waals surface area contributed by atoms with Gasteiger partial charge in [-0.2, -0.15) is 0 Å². The molecule has 2 heterocycles. The summed E-state index contributed by atoms with van der Waals surface area (Å²) in [5.74, 6) is -0.619. The van der Waals surface area contributed by atoms with E-state index in [1.807, 2.05) is 37.3 Å². The number of ketones is 1. The van der Waals surface area contributed by atoms with Crippen LogP contribution < -0.4 is 0 Å². The highest BCUT2D eigenvalue weighted by atomic mass is 32.2. The van der Waals surface area contributed by atoms with Crippen molar-refractivity contribution in [1.29, 1.82) is 0 Å². The fourth-order valence-electron chi connectivity index (χ4n) is 1.88. The number of ether oxygens (including phenoxy) is 1. The molecule has 118 valence electrons. The molecule has 0 radical (unpaired) electrons. The quantitative estimate of drug-likeness (QED) is 0.384. The van der Waals surface area contributed by atoms with Gasteiger partial charge in [-0.1, -0.05) is 23.9 Å². The van der Waals surface area contributed by atoms with Gasteiger partial charge >= 0.3 is 5.97 Å². The molecule has 0 atom stereocenters. The number of benzene rings is 1. The summed E-state index contributed by atoms with van der Waals surface area (Å²) < 4.78 is 10.5. The highest BCUT2D eigenvalue weighted by Crippen LogP contribution is 2.23. The van der Waals surface area contributed by atoms with Crippen LogP contribution >= 0.6 is 23.1 Å². The largest absolute Gasteiger partial charge is 0.457 e. The number of thiophene rings is 1. The van der Waals surface area contributed by atoms with E-state index in [0.717, 1.165) is 22.2 Å². The van der Waals surface area contributed by atoms with Gasteiger partial charge < -0.3 is 9.15 Å². The van der Waals surface area contributed by atoms with E-state index in [4.69, 9.17) is 9.15 Å². The Kier molecular flexibility index (Phi) is 4.78. The van der Waals surface area contributed by atoms with Gasteiger partial charge in [-0.05, 0) is 31.2 Å². The number of Topliss-reactive ketones (excluding diaryl/α,β-unsaturated/α-hetero) is 1. The molecule has 0 aliphatic heterocycles. The summed E-state index contributed by atoms with van der Waals surface area (Å²) >= 11 is 2.53. The van der Waals surface area contributed by atoms with Crippen molar-refractivity contribution in [3.63, 3.8) is 0 Å². The maximum Gasteiger partial charge on any atom is 0.316 e. The molecule has 5 nitrogen and oxygen atoms in total. The van der Waals surface area contributed by atoms with Crippen molar-refractivity contribution in [3.05, 3.63) is 46.2 Å². The highest BCUT2D eigenvalue weighted by Gasteiger charge is 2.13. The van der Waals surface area contributed by atoms with Gasteiger partial charge in [0, 0.05) is 4.88 Å². The number of fused-ring (bicyclic) bond motifs is 1. The highest BCUT2D eigenvalue weighted by molar-refractivity contribution is 7.99. The molecule has 3 rings (SSSR count). The minimum Gasteiger partial charge on any atom is -0.457 e. The Morgan fingerprint density at radius 3 is 2.83 bits per heavy atom. The van der Waals surface area contributed by atoms with Crippen LogP contribution in [-0.2, 0) is 9.53 Å². The number of rotatable bonds is 6. The molecule has 3 aromatic rings. The molecule has 7 heteroatoms. The molecule has 23 heavy (non-hydrogen) atoms. The first-order chi connectivity index (χ1) is 11.1. The standard InChI is InChI=1S/C16H13NO4S2/c1-10-6-7-14(23-10)12(18)8-20-15(19)9-22-16-17-11-4-2-3-5-13(11)21-16/h2-7H,8-9H2,1H3. The van der Waals surface area contributed by atoms with E-state index < -0.39 is 5.97 Å². The van der Waals surface area contributed by atoms with Crippen LogP contribution in [0.2, 0.25) is 0 Å². The van der Waals surface area contributed by atoms with E-state index in [1.54, 1.807) is 6.07 Å². The molecule has 2 aromatic heterocycles. The Bertz CT molecular complexity index is 820. The molecule has 0 unspecified atom stereocenters. The van der Waals surface area contributed by atoms with Crippen LogP contribution in [0.1, 0.15) is 14.5 Å². The van der Waals surface area contributed by atoms with Crippen LogP contribution in [0.3, 0.4) is 0 Å². The van der Waals surface area contributed by atoms with Gasteiger partial charge in [0.15, 0.2) is 12.2 Å². The van der Waals surface area contributed by atoms with Gasteiger partial charge in [-0.3, -0.25) is 9.59 Å². The number of aromatic nitrogens is 1. The Labute approximate surface area is 140 Å². The third kappa shape index (κ3) is 4.00. The summed E-state index contributed by atoms with van der Waals surface area (Å²) in [6.07, 6.45) is 0. The summed E-state index contributed by atoms with van der Waals surface area (Å²) in [4.78, 5) is 29.5. The van der Waals surface area contributed by atoms with Crippen molar-refractivity contribution in [2.45, 2.75) is 12.1 Å². The second-order valence-electron chi connectivity index (χ2n) is 4.73. The fourth-order valence-corrected chi connectivity index (χ4v) is 3.30. The summed E-state index contributed by atoms with van der Waals surface area (Å²) in [5, 5.41) is 0.406. The van der Waals surface area contributed by atoms with Gasteiger partial charge in [-0.15, -0.1) is 11.3 Å². The van der Waals surface area contributed by atoms with Crippen molar-refractivity contribution >= 4 is 46.0 Å². The number of esters is 1. The SMILES string of the molecule is Cc1ccc(C(=O)COC(=O)CSc2nc3ccccc3o2)s1. The minimum atomic E-state index is -0.473. The van der Waals surface area contributed by atoms with Crippen LogP contribution in [-0.4, -0.2) is 29.1 Å². The lowest BCUT2D eigenvalue weighted by Gasteiger charge is -2.01. The lowest BCUT2D eigenvalue weighted by molar-refractivity contribution is -0.139. The van der Waals surface area contributed by atoms with E-state index in [-0.39, 0.29) is 18.1 Å². The number of carbonyl (C=O) groups is 2.